The van der Waals surface area contributed by atoms with Gasteiger partial charge < -0.3 is 5.32 Å². The van der Waals surface area contributed by atoms with Crippen LogP contribution in [0.5, 0.6) is 0 Å². The van der Waals surface area contributed by atoms with Gasteiger partial charge in [0.2, 0.25) is 0 Å². The Balaban J connectivity index is 1.59. The molecule has 0 unspecified atom stereocenters. The molecule has 0 bridgehead atoms. The zero-order valence-corrected chi connectivity index (χ0v) is 13.6. The third-order valence-electron chi connectivity index (χ3n) is 4.40. The molecule has 1 amide bonds. The Morgan fingerprint density at radius 2 is 2.17 bits per heavy atom. The number of carbonyl (C=O) groups excluding carboxylic acids is 1. The van der Waals surface area contributed by atoms with Crippen LogP contribution < -0.4 is 5.32 Å². The molecule has 1 fully saturated rings. The molecule has 0 aliphatic heterocycles. The van der Waals surface area contributed by atoms with Crippen molar-refractivity contribution in [3.05, 3.63) is 42.1 Å². The Labute approximate surface area is 139 Å². The molecule has 0 aromatic carbocycles. The van der Waals surface area contributed by atoms with E-state index in [0.29, 0.717) is 29.2 Å². The fourth-order valence-electron chi connectivity index (χ4n) is 2.85. The molecular formula is C17H18N6O. The van der Waals surface area contributed by atoms with Gasteiger partial charge in [0.1, 0.15) is 11.6 Å². The number of pyridine rings is 1. The molecule has 1 aliphatic rings. The van der Waals surface area contributed by atoms with Crippen molar-refractivity contribution >= 4 is 22.8 Å². The lowest BCUT2D eigenvalue weighted by molar-refractivity contribution is 0.102. The Morgan fingerprint density at radius 1 is 1.33 bits per heavy atom. The van der Waals surface area contributed by atoms with E-state index in [1.807, 2.05) is 10.7 Å². The number of hydrogen-bond acceptors (Lipinski definition) is 5. The van der Waals surface area contributed by atoms with E-state index in [1.165, 1.54) is 12.8 Å². The summed E-state index contributed by atoms with van der Waals surface area (Å²) in [6.07, 6.45) is 7.47. The number of nitrogens with one attached hydrogen (secondary N) is 1. The van der Waals surface area contributed by atoms with Gasteiger partial charge in [-0.1, -0.05) is 0 Å². The second-order valence-electron chi connectivity index (χ2n) is 6.25. The zero-order valence-electron chi connectivity index (χ0n) is 13.6. The summed E-state index contributed by atoms with van der Waals surface area (Å²) in [5.74, 6) is 1.53. The van der Waals surface area contributed by atoms with Crippen molar-refractivity contribution in [2.45, 2.75) is 32.7 Å². The van der Waals surface area contributed by atoms with Crippen LogP contribution in [0.3, 0.4) is 0 Å². The van der Waals surface area contributed by atoms with Gasteiger partial charge in [0.05, 0.1) is 17.8 Å². The third-order valence-corrected chi connectivity index (χ3v) is 4.40. The van der Waals surface area contributed by atoms with Crippen LogP contribution in [0, 0.1) is 12.8 Å². The van der Waals surface area contributed by atoms with Gasteiger partial charge in [-0.05, 0) is 44.7 Å². The maximum Gasteiger partial charge on any atom is 0.258 e. The molecule has 7 heteroatoms. The molecule has 3 aromatic heterocycles. The second-order valence-corrected chi connectivity index (χ2v) is 6.25. The maximum absolute atomic E-state index is 12.4. The van der Waals surface area contributed by atoms with Crippen molar-refractivity contribution in [2.75, 3.05) is 5.32 Å². The number of rotatable bonds is 4. The number of amides is 1. The summed E-state index contributed by atoms with van der Waals surface area (Å²) < 4.78 is 1.96. The van der Waals surface area contributed by atoms with Crippen molar-refractivity contribution < 1.29 is 4.79 Å². The highest BCUT2D eigenvalue weighted by Crippen LogP contribution is 2.39. The number of anilines is 1. The molecule has 0 spiro atoms. The molecule has 1 atom stereocenters. The van der Waals surface area contributed by atoms with Crippen molar-refractivity contribution in [1.82, 2.24) is 24.7 Å². The monoisotopic (exact) mass is 322 g/mol. The summed E-state index contributed by atoms with van der Waals surface area (Å²) in [6.45, 7) is 3.95. The van der Waals surface area contributed by atoms with Gasteiger partial charge >= 0.3 is 0 Å². The highest BCUT2D eigenvalue weighted by molar-refractivity contribution is 6.05. The number of aryl methyl sites for hydroxylation is 1. The lowest BCUT2D eigenvalue weighted by Crippen LogP contribution is -2.14. The van der Waals surface area contributed by atoms with Crippen LogP contribution in [0.15, 0.2) is 30.7 Å². The smallest absolute Gasteiger partial charge is 0.258 e. The SMILES string of the molecule is Cc1nccc(NC(=O)c2cnc3c(cnn3[C@H](C)C3CC3)c2)n1. The quantitative estimate of drug-likeness (QED) is 0.798. The maximum atomic E-state index is 12.4. The first kappa shape index (κ1) is 14.7. The van der Waals surface area contributed by atoms with Gasteiger partial charge in [0.25, 0.3) is 5.91 Å². The van der Waals surface area contributed by atoms with Gasteiger partial charge in [-0.3, -0.25) is 4.79 Å². The predicted octanol–water partition coefficient (Wildman–Crippen LogP) is 2.75. The molecule has 24 heavy (non-hydrogen) atoms. The van der Waals surface area contributed by atoms with Crippen molar-refractivity contribution in [3.63, 3.8) is 0 Å². The fraction of sp³-hybridized carbons (Fsp3) is 0.353. The van der Waals surface area contributed by atoms with Gasteiger partial charge in [0, 0.05) is 17.8 Å². The predicted molar refractivity (Wildman–Crippen MR) is 89.7 cm³/mol. The van der Waals surface area contributed by atoms with Gasteiger partial charge in [-0.25, -0.2) is 19.6 Å². The largest absolute Gasteiger partial charge is 0.306 e. The first-order valence-corrected chi connectivity index (χ1v) is 8.06. The van der Waals surface area contributed by atoms with Crippen LogP contribution in [0.1, 0.15) is 42.0 Å². The fourth-order valence-corrected chi connectivity index (χ4v) is 2.85. The highest BCUT2D eigenvalue weighted by atomic mass is 16.1. The summed E-state index contributed by atoms with van der Waals surface area (Å²) >= 11 is 0. The number of nitrogens with zero attached hydrogens (tertiary/aromatic N) is 5. The molecule has 7 nitrogen and oxygen atoms in total. The van der Waals surface area contributed by atoms with E-state index < -0.39 is 0 Å². The molecule has 1 saturated carbocycles. The van der Waals surface area contributed by atoms with Crippen molar-refractivity contribution in [1.29, 1.82) is 0 Å². The molecule has 3 aromatic rings. The van der Waals surface area contributed by atoms with E-state index in [1.54, 1.807) is 31.6 Å². The first-order valence-electron chi connectivity index (χ1n) is 8.06. The Kier molecular flexibility index (Phi) is 3.48. The average molecular weight is 322 g/mol. The number of carbonyl (C=O) groups is 1. The Hall–Kier alpha value is -2.83. The molecule has 4 rings (SSSR count). The van der Waals surface area contributed by atoms with Crippen LogP contribution in [0.4, 0.5) is 5.82 Å². The van der Waals surface area contributed by atoms with Crippen LogP contribution in [0.2, 0.25) is 0 Å². The van der Waals surface area contributed by atoms with Gasteiger partial charge in [0.15, 0.2) is 5.65 Å². The minimum atomic E-state index is -0.245. The van der Waals surface area contributed by atoms with Crippen LogP contribution in [-0.4, -0.2) is 30.6 Å². The van der Waals surface area contributed by atoms with E-state index in [-0.39, 0.29) is 5.91 Å². The van der Waals surface area contributed by atoms with Crippen molar-refractivity contribution in [3.8, 4) is 0 Å². The minimum absolute atomic E-state index is 0.245. The highest BCUT2D eigenvalue weighted by Gasteiger charge is 2.30. The van der Waals surface area contributed by atoms with Crippen LogP contribution >= 0.6 is 0 Å². The topological polar surface area (TPSA) is 85.6 Å². The summed E-state index contributed by atoms with van der Waals surface area (Å²) in [7, 11) is 0. The van der Waals surface area contributed by atoms with E-state index in [2.05, 4.69) is 32.3 Å². The molecule has 0 radical (unpaired) electrons. The van der Waals surface area contributed by atoms with E-state index in [0.717, 1.165) is 11.0 Å². The van der Waals surface area contributed by atoms with E-state index in [9.17, 15) is 4.79 Å². The Bertz CT molecular complexity index is 914. The van der Waals surface area contributed by atoms with Crippen LogP contribution in [0.25, 0.3) is 11.0 Å². The molecular weight excluding hydrogens is 304 g/mol. The number of fused-ring (bicyclic) bond motifs is 1. The van der Waals surface area contributed by atoms with Crippen LogP contribution in [-0.2, 0) is 0 Å². The average Bonchev–Trinajstić information content (AvgIpc) is 3.33. The molecule has 1 aliphatic carbocycles. The third kappa shape index (κ3) is 2.73. The molecule has 122 valence electrons. The van der Waals surface area contributed by atoms with E-state index in [4.69, 9.17) is 0 Å². The lowest BCUT2D eigenvalue weighted by Gasteiger charge is -2.11. The van der Waals surface area contributed by atoms with E-state index >= 15 is 0 Å². The molecule has 1 N–H and O–H groups in total. The summed E-state index contributed by atoms with van der Waals surface area (Å²) in [5.41, 5.74) is 1.31. The van der Waals surface area contributed by atoms with Crippen molar-refractivity contribution in [2.24, 2.45) is 5.92 Å². The molecule has 3 heterocycles. The lowest BCUT2D eigenvalue weighted by atomic mass is 10.2. The first-order chi connectivity index (χ1) is 11.6. The molecule has 0 saturated heterocycles. The summed E-state index contributed by atoms with van der Waals surface area (Å²) in [4.78, 5) is 25.0. The zero-order chi connectivity index (χ0) is 16.7. The second kappa shape index (κ2) is 5.67. The number of hydrogen-bond donors (Lipinski definition) is 1. The van der Waals surface area contributed by atoms with Gasteiger partial charge in [-0.2, -0.15) is 5.10 Å². The number of aromatic nitrogens is 5. The minimum Gasteiger partial charge on any atom is -0.306 e. The standard InChI is InChI=1S/C17H18N6O/c1-10(12-3-4-12)23-16-13(9-20-23)7-14(8-19-16)17(24)22-15-5-6-18-11(2)21-15/h5-10,12H,3-4H2,1-2H3,(H,18,21,22,24)/t10-/m1/s1. The summed E-state index contributed by atoms with van der Waals surface area (Å²) in [6, 6.07) is 3.82. The summed E-state index contributed by atoms with van der Waals surface area (Å²) in [5, 5.41) is 8.09. The van der Waals surface area contributed by atoms with Gasteiger partial charge in [-0.15, -0.1) is 0 Å². The Morgan fingerprint density at radius 3 is 2.92 bits per heavy atom. The normalized spacial score (nSPS) is 15.4.